The van der Waals surface area contributed by atoms with Crippen LogP contribution in [0.3, 0.4) is 0 Å². The van der Waals surface area contributed by atoms with Crippen molar-refractivity contribution in [1.29, 1.82) is 5.26 Å². The number of carbonyl (C=O) groups excluding carboxylic acids is 1. The van der Waals surface area contributed by atoms with Crippen LogP contribution in [-0.2, 0) is 0 Å². The van der Waals surface area contributed by atoms with Gasteiger partial charge in [-0.3, -0.25) is 0 Å². The Kier molecular flexibility index (Phi) is 3.63. The summed E-state index contributed by atoms with van der Waals surface area (Å²) in [6.07, 6.45) is 0. The van der Waals surface area contributed by atoms with Gasteiger partial charge in [0.15, 0.2) is 0 Å². The number of halogens is 1. The second-order valence-corrected chi connectivity index (χ2v) is 4.20. The van der Waals surface area contributed by atoms with E-state index in [1.54, 1.807) is 6.07 Å². The Bertz CT molecular complexity index is 359. The van der Waals surface area contributed by atoms with Crippen molar-refractivity contribution < 1.29 is 9.18 Å². The van der Waals surface area contributed by atoms with E-state index in [1.165, 1.54) is 18.2 Å². The summed E-state index contributed by atoms with van der Waals surface area (Å²) in [4.78, 5) is 11.3. The Morgan fingerprint density at radius 1 is 1.54 bits per heavy atom. The quantitative estimate of drug-likeness (QED) is 0.755. The molecule has 0 atom stereocenters. The van der Waals surface area contributed by atoms with Gasteiger partial charge < -0.3 is 0 Å². The zero-order valence-corrected chi connectivity index (χ0v) is 8.37. The Hall–Kier alpha value is -1.17. The number of rotatable bonds is 3. The Morgan fingerprint density at radius 3 is 2.85 bits per heavy atom. The summed E-state index contributed by atoms with van der Waals surface area (Å²) in [6, 6.07) is 7.70. The molecule has 0 aliphatic carbocycles. The number of carbonyl (C=O) groups is 1. The molecule has 0 bridgehead atoms. The van der Waals surface area contributed by atoms with E-state index >= 15 is 0 Å². The molecule has 0 amide bonds. The summed E-state index contributed by atoms with van der Waals surface area (Å²) in [7, 11) is 0. The van der Waals surface area contributed by atoms with E-state index in [-0.39, 0.29) is 15.6 Å². The number of hydrogen-bond acceptors (Lipinski definition) is 2. The van der Waals surface area contributed by atoms with E-state index < -0.39 is 20.8 Å². The summed E-state index contributed by atoms with van der Waals surface area (Å²) >= 11 is -0.461. The van der Waals surface area contributed by atoms with Crippen molar-refractivity contribution in [3.05, 3.63) is 35.6 Å². The van der Waals surface area contributed by atoms with Crippen LogP contribution >= 0.6 is 0 Å². The molecule has 0 saturated carbocycles. The normalized spacial score (nSPS) is 9.23. The standard InChI is InChI=1S/C9H6FNOSe/c10-8-4-2-1-3-7(8)9(12)13-6-5-11/h1-4H,6H2. The van der Waals surface area contributed by atoms with Crippen LogP contribution in [0.1, 0.15) is 10.4 Å². The SMILES string of the molecule is N#CC[Se]C(=O)c1ccccc1F. The van der Waals surface area contributed by atoms with Crippen LogP contribution < -0.4 is 0 Å². The zero-order chi connectivity index (χ0) is 9.68. The van der Waals surface area contributed by atoms with Crippen LogP contribution in [-0.4, -0.2) is 19.6 Å². The van der Waals surface area contributed by atoms with Gasteiger partial charge in [-0.15, -0.1) is 0 Å². The van der Waals surface area contributed by atoms with Gasteiger partial charge in [-0.25, -0.2) is 0 Å². The topological polar surface area (TPSA) is 40.9 Å². The molecular weight excluding hydrogens is 236 g/mol. The number of benzene rings is 1. The van der Waals surface area contributed by atoms with Gasteiger partial charge in [0.25, 0.3) is 0 Å². The molecule has 1 aromatic carbocycles. The van der Waals surface area contributed by atoms with Gasteiger partial charge in [0.1, 0.15) is 0 Å². The van der Waals surface area contributed by atoms with E-state index in [1.807, 2.05) is 6.07 Å². The molecule has 0 radical (unpaired) electrons. The van der Waals surface area contributed by atoms with E-state index in [0.29, 0.717) is 0 Å². The summed E-state index contributed by atoms with van der Waals surface area (Å²) in [5, 5.41) is 8.45. The molecule has 13 heavy (non-hydrogen) atoms. The molecule has 2 nitrogen and oxygen atoms in total. The van der Waals surface area contributed by atoms with Crippen molar-refractivity contribution in [1.82, 2.24) is 0 Å². The molecular formula is C9H6FNOSe. The molecule has 66 valence electrons. The van der Waals surface area contributed by atoms with Gasteiger partial charge >= 0.3 is 81.1 Å². The second kappa shape index (κ2) is 4.76. The van der Waals surface area contributed by atoms with E-state index in [4.69, 9.17) is 5.26 Å². The summed E-state index contributed by atoms with van der Waals surface area (Å²) in [6.45, 7) is 0. The first kappa shape index (κ1) is 9.91. The van der Waals surface area contributed by atoms with Crippen molar-refractivity contribution in [3.63, 3.8) is 0 Å². The van der Waals surface area contributed by atoms with Crippen LogP contribution in [0.5, 0.6) is 0 Å². The van der Waals surface area contributed by atoms with Crippen LogP contribution in [0, 0.1) is 17.1 Å². The second-order valence-electron chi connectivity index (χ2n) is 2.21. The number of hydrogen-bond donors (Lipinski definition) is 0. The first-order chi connectivity index (χ1) is 6.25. The Morgan fingerprint density at radius 2 is 2.23 bits per heavy atom. The van der Waals surface area contributed by atoms with Crippen LogP contribution in [0.25, 0.3) is 0 Å². The van der Waals surface area contributed by atoms with Gasteiger partial charge in [0.2, 0.25) is 0 Å². The third kappa shape index (κ3) is 2.66. The number of nitrogens with zero attached hydrogens (tertiary/aromatic N) is 1. The maximum absolute atomic E-state index is 13.0. The molecule has 4 heteroatoms. The molecule has 0 spiro atoms. The molecule has 0 N–H and O–H groups in total. The van der Waals surface area contributed by atoms with Crippen molar-refractivity contribution >= 4 is 19.6 Å². The molecule has 0 saturated heterocycles. The Balaban J connectivity index is 2.78. The van der Waals surface area contributed by atoms with Gasteiger partial charge in [-0.2, -0.15) is 0 Å². The van der Waals surface area contributed by atoms with E-state index in [2.05, 4.69) is 0 Å². The van der Waals surface area contributed by atoms with Crippen molar-refractivity contribution in [3.8, 4) is 6.07 Å². The molecule has 0 unspecified atom stereocenters. The van der Waals surface area contributed by atoms with Gasteiger partial charge in [-0.05, 0) is 0 Å². The molecule has 0 aliphatic rings. The summed E-state index contributed by atoms with van der Waals surface area (Å²) in [5.41, 5.74) is 0.0951. The average Bonchev–Trinajstić information content (AvgIpc) is 2.15. The fourth-order valence-electron chi connectivity index (χ4n) is 0.802. The molecule has 1 aromatic rings. The van der Waals surface area contributed by atoms with Crippen LogP contribution in [0.2, 0.25) is 5.32 Å². The Labute approximate surface area is 81.5 Å². The number of nitriles is 1. The van der Waals surface area contributed by atoms with Gasteiger partial charge in [0.05, 0.1) is 0 Å². The van der Waals surface area contributed by atoms with Gasteiger partial charge in [0, 0.05) is 0 Å². The molecule has 0 aliphatic heterocycles. The first-order valence-electron chi connectivity index (χ1n) is 3.54. The zero-order valence-electron chi connectivity index (χ0n) is 6.66. The minimum absolute atomic E-state index is 0.0951. The van der Waals surface area contributed by atoms with Crippen LogP contribution in [0.15, 0.2) is 24.3 Å². The van der Waals surface area contributed by atoms with Crippen molar-refractivity contribution in [2.45, 2.75) is 5.32 Å². The van der Waals surface area contributed by atoms with E-state index in [9.17, 15) is 9.18 Å². The van der Waals surface area contributed by atoms with Crippen LogP contribution in [0.4, 0.5) is 4.39 Å². The first-order valence-corrected chi connectivity index (χ1v) is 5.61. The van der Waals surface area contributed by atoms with Crippen molar-refractivity contribution in [2.75, 3.05) is 0 Å². The van der Waals surface area contributed by atoms with Crippen molar-refractivity contribution in [2.24, 2.45) is 0 Å². The molecule has 0 aromatic heterocycles. The fourth-order valence-corrected chi connectivity index (χ4v) is 1.89. The third-order valence-corrected chi connectivity index (χ3v) is 2.95. The van der Waals surface area contributed by atoms with Gasteiger partial charge in [-0.1, -0.05) is 0 Å². The fraction of sp³-hybridized carbons (Fsp3) is 0.111. The molecule has 0 heterocycles. The average molecular weight is 242 g/mol. The predicted octanol–water partition coefficient (Wildman–Crippen LogP) is 1.61. The molecule has 1 rings (SSSR count). The summed E-state index contributed by atoms with van der Waals surface area (Å²) < 4.78 is 12.7. The van der Waals surface area contributed by atoms with E-state index in [0.717, 1.165) is 0 Å². The third-order valence-electron chi connectivity index (χ3n) is 1.36. The predicted molar refractivity (Wildman–Crippen MR) is 46.9 cm³/mol. The minimum atomic E-state index is -0.507. The maximum atomic E-state index is 13.0. The summed E-state index contributed by atoms with van der Waals surface area (Å²) in [5.74, 6) is -0.507. The molecule has 0 fully saturated rings. The monoisotopic (exact) mass is 243 g/mol.